The summed E-state index contributed by atoms with van der Waals surface area (Å²) in [6.45, 7) is 14.5. The molecular weight excluding hydrogens is 254 g/mol. The molecule has 0 bridgehead atoms. The van der Waals surface area contributed by atoms with Crippen molar-refractivity contribution in [2.24, 2.45) is 11.8 Å². The average Bonchev–Trinajstić information content (AvgIpc) is 2.92. The van der Waals surface area contributed by atoms with Gasteiger partial charge in [0.25, 0.3) is 0 Å². The lowest BCUT2D eigenvalue weighted by Crippen LogP contribution is -2.21. The van der Waals surface area contributed by atoms with Crippen LogP contribution in [0.3, 0.4) is 0 Å². The van der Waals surface area contributed by atoms with Crippen LogP contribution in [0.1, 0.15) is 44.7 Å². The van der Waals surface area contributed by atoms with Gasteiger partial charge in [-0.1, -0.05) is 27.7 Å². The highest BCUT2D eigenvalue weighted by atomic mass is 32.1. The molecule has 1 N–H and O–H groups in total. The molecule has 0 aromatic carbocycles. The summed E-state index contributed by atoms with van der Waals surface area (Å²) in [6, 6.07) is 0.530. The van der Waals surface area contributed by atoms with Crippen molar-refractivity contribution < 1.29 is 0 Å². The van der Waals surface area contributed by atoms with Crippen molar-refractivity contribution in [2.45, 2.75) is 53.6 Å². The second-order valence-electron chi connectivity index (χ2n) is 6.28. The first-order chi connectivity index (χ1) is 8.97. The molecular formula is C15H27N3S. The molecule has 0 radical (unpaired) electrons. The van der Waals surface area contributed by atoms with Gasteiger partial charge in [0.15, 0.2) is 5.13 Å². The molecule has 2 heterocycles. The highest BCUT2D eigenvalue weighted by Crippen LogP contribution is 2.32. The van der Waals surface area contributed by atoms with Gasteiger partial charge in [-0.25, -0.2) is 4.98 Å². The van der Waals surface area contributed by atoms with Crippen LogP contribution in [0.25, 0.3) is 0 Å². The van der Waals surface area contributed by atoms with E-state index in [9.17, 15) is 0 Å². The Hall–Kier alpha value is -0.610. The Morgan fingerprint density at radius 1 is 1.37 bits per heavy atom. The molecule has 4 heteroatoms. The van der Waals surface area contributed by atoms with Crippen LogP contribution in [-0.4, -0.2) is 24.1 Å². The van der Waals surface area contributed by atoms with Gasteiger partial charge in [-0.2, -0.15) is 0 Å². The fraction of sp³-hybridized carbons (Fsp3) is 0.800. The highest BCUT2D eigenvalue weighted by Gasteiger charge is 2.27. The Labute approximate surface area is 121 Å². The summed E-state index contributed by atoms with van der Waals surface area (Å²) in [5, 5.41) is 4.71. The van der Waals surface area contributed by atoms with E-state index in [1.807, 2.05) is 11.3 Å². The van der Waals surface area contributed by atoms with E-state index in [0.717, 1.165) is 18.4 Å². The number of aryl methyl sites for hydroxylation is 1. The van der Waals surface area contributed by atoms with Gasteiger partial charge in [0, 0.05) is 30.6 Å². The number of nitrogens with one attached hydrogen (secondary N) is 1. The van der Waals surface area contributed by atoms with Crippen LogP contribution in [0.15, 0.2) is 0 Å². The number of thiazole rings is 1. The molecule has 19 heavy (non-hydrogen) atoms. The van der Waals surface area contributed by atoms with Gasteiger partial charge in [-0.05, 0) is 25.2 Å². The zero-order valence-electron chi connectivity index (χ0n) is 12.9. The van der Waals surface area contributed by atoms with E-state index in [1.165, 1.54) is 35.2 Å². The highest BCUT2D eigenvalue weighted by molar-refractivity contribution is 7.15. The normalized spacial score (nSPS) is 19.9. The van der Waals surface area contributed by atoms with Crippen molar-refractivity contribution in [3.8, 4) is 0 Å². The van der Waals surface area contributed by atoms with E-state index in [4.69, 9.17) is 4.98 Å². The van der Waals surface area contributed by atoms with Crippen LogP contribution >= 0.6 is 11.3 Å². The standard InChI is InChI=1S/C15H27N3S/c1-10(2)13-6-7-18(9-13)15-17-12(5)14(19-15)8-16-11(3)4/h10-11,13,16H,6-9H2,1-5H3. The first-order valence-corrected chi connectivity index (χ1v) is 8.23. The second kappa shape index (κ2) is 6.23. The average molecular weight is 281 g/mol. The number of nitrogens with zero attached hydrogens (tertiary/aromatic N) is 2. The summed E-state index contributed by atoms with van der Waals surface area (Å²) in [5.41, 5.74) is 1.20. The lowest BCUT2D eigenvalue weighted by atomic mass is 9.95. The maximum Gasteiger partial charge on any atom is 0.185 e. The van der Waals surface area contributed by atoms with Crippen LogP contribution in [-0.2, 0) is 6.54 Å². The Balaban J connectivity index is 2.00. The SMILES string of the molecule is Cc1nc(N2CCC(C(C)C)C2)sc1CNC(C)C. The van der Waals surface area contributed by atoms with Crippen LogP contribution in [0, 0.1) is 18.8 Å². The molecule has 3 nitrogen and oxygen atoms in total. The third kappa shape index (κ3) is 3.69. The quantitative estimate of drug-likeness (QED) is 0.896. The van der Waals surface area contributed by atoms with Crippen molar-refractivity contribution in [3.63, 3.8) is 0 Å². The molecule has 1 aromatic heterocycles. The molecule has 2 rings (SSSR count). The molecule has 1 aliphatic heterocycles. The van der Waals surface area contributed by atoms with E-state index < -0.39 is 0 Å². The fourth-order valence-corrected chi connectivity index (χ4v) is 3.56. The minimum Gasteiger partial charge on any atom is -0.348 e. The van der Waals surface area contributed by atoms with Crippen LogP contribution in [0.2, 0.25) is 0 Å². The van der Waals surface area contributed by atoms with Crippen molar-refractivity contribution >= 4 is 16.5 Å². The molecule has 1 unspecified atom stereocenters. The van der Waals surface area contributed by atoms with Gasteiger partial charge in [-0.15, -0.1) is 11.3 Å². The van der Waals surface area contributed by atoms with Gasteiger partial charge < -0.3 is 10.2 Å². The maximum atomic E-state index is 4.77. The summed E-state index contributed by atoms with van der Waals surface area (Å²) in [7, 11) is 0. The third-order valence-corrected chi connectivity index (χ3v) is 5.21. The van der Waals surface area contributed by atoms with Crippen LogP contribution in [0.4, 0.5) is 5.13 Å². The van der Waals surface area contributed by atoms with E-state index in [-0.39, 0.29) is 0 Å². The summed E-state index contributed by atoms with van der Waals surface area (Å²) in [6.07, 6.45) is 1.32. The largest absolute Gasteiger partial charge is 0.348 e. The predicted molar refractivity (Wildman–Crippen MR) is 84.0 cm³/mol. The first kappa shape index (κ1) is 14.8. The topological polar surface area (TPSA) is 28.2 Å². The van der Waals surface area contributed by atoms with Gasteiger partial charge in [-0.3, -0.25) is 0 Å². The zero-order valence-corrected chi connectivity index (χ0v) is 13.7. The van der Waals surface area contributed by atoms with Crippen LogP contribution in [0.5, 0.6) is 0 Å². The van der Waals surface area contributed by atoms with Gasteiger partial charge in [0.05, 0.1) is 5.69 Å². The Morgan fingerprint density at radius 2 is 2.11 bits per heavy atom. The molecule has 0 spiro atoms. The van der Waals surface area contributed by atoms with E-state index in [2.05, 4.69) is 44.8 Å². The smallest absolute Gasteiger partial charge is 0.185 e. The summed E-state index contributed by atoms with van der Waals surface area (Å²) >= 11 is 1.86. The number of anilines is 1. The van der Waals surface area contributed by atoms with Crippen molar-refractivity contribution in [2.75, 3.05) is 18.0 Å². The molecule has 1 fully saturated rings. The molecule has 1 aliphatic rings. The van der Waals surface area contributed by atoms with Gasteiger partial charge in [0.1, 0.15) is 0 Å². The Morgan fingerprint density at radius 3 is 2.68 bits per heavy atom. The summed E-state index contributed by atoms with van der Waals surface area (Å²) in [4.78, 5) is 8.63. The first-order valence-electron chi connectivity index (χ1n) is 7.42. The number of hydrogen-bond donors (Lipinski definition) is 1. The second-order valence-corrected chi connectivity index (χ2v) is 7.34. The van der Waals surface area contributed by atoms with Crippen molar-refractivity contribution in [3.05, 3.63) is 10.6 Å². The molecule has 1 atom stereocenters. The monoisotopic (exact) mass is 281 g/mol. The van der Waals surface area contributed by atoms with Gasteiger partial charge >= 0.3 is 0 Å². The molecule has 1 saturated heterocycles. The number of aromatic nitrogens is 1. The number of hydrogen-bond acceptors (Lipinski definition) is 4. The predicted octanol–water partition coefficient (Wildman–Crippen LogP) is 3.43. The summed E-state index contributed by atoms with van der Waals surface area (Å²) < 4.78 is 0. The molecule has 0 aliphatic carbocycles. The Kier molecular flexibility index (Phi) is 4.85. The van der Waals surface area contributed by atoms with Crippen molar-refractivity contribution in [1.29, 1.82) is 0 Å². The van der Waals surface area contributed by atoms with E-state index in [0.29, 0.717) is 6.04 Å². The molecule has 1 aromatic rings. The lowest BCUT2D eigenvalue weighted by molar-refractivity contribution is 0.422. The Bertz CT molecular complexity index is 412. The molecule has 108 valence electrons. The minimum atomic E-state index is 0.530. The third-order valence-electron chi connectivity index (χ3n) is 3.99. The van der Waals surface area contributed by atoms with Crippen molar-refractivity contribution in [1.82, 2.24) is 10.3 Å². The van der Waals surface area contributed by atoms with E-state index >= 15 is 0 Å². The molecule has 0 amide bonds. The van der Waals surface area contributed by atoms with E-state index in [1.54, 1.807) is 0 Å². The van der Waals surface area contributed by atoms with Gasteiger partial charge in [0.2, 0.25) is 0 Å². The molecule has 0 saturated carbocycles. The maximum absolute atomic E-state index is 4.77. The number of rotatable bonds is 5. The summed E-state index contributed by atoms with van der Waals surface area (Å²) in [5.74, 6) is 1.62. The fourth-order valence-electron chi connectivity index (χ4n) is 2.51. The lowest BCUT2D eigenvalue weighted by Gasteiger charge is -2.16. The van der Waals surface area contributed by atoms with Crippen LogP contribution < -0.4 is 10.2 Å². The minimum absolute atomic E-state index is 0.530. The zero-order chi connectivity index (χ0) is 14.0.